The number of ether oxygens (including phenoxy) is 1. The molecule has 0 heterocycles. The lowest BCUT2D eigenvalue weighted by Gasteiger charge is -2.14. The Labute approximate surface area is 190 Å². The van der Waals surface area contributed by atoms with E-state index < -0.39 is 11.0 Å². The number of alkyl carbamates (subject to hydrolysis) is 1. The molecule has 0 aliphatic heterocycles. The molecule has 0 aromatic heterocycles. The fourth-order valence-corrected chi connectivity index (χ4v) is 3.89. The highest BCUT2D eigenvalue weighted by atomic mass is 16.6. The molecule has 1 aliphatic carbocycles. The maximum atomic E-state index is 12.2. The average molecular weight is 437 g/mol. The topological polar surface area (TPSA) is 105 Å². The van der Waals surface area contributed by atoms with Crippen molar-refractivity contribution < 1.29 is 14.5 Å². The molecule has 1 aliphatic rings. The summed E-state index contributed by atoms with van der Waals surface area (Å²) in [5, 5.41) is 22.7. The Hall–Kier alpha value is -4.62. The predicted octanol–water partition coefficient (Wildman–Crippen LogP) is 4.75. The molecule has 0 saturated carbocycles. The van der Waals surface area contributed by atoms with Crippen LogP contribution in [0.4, 0.5) is 10.5 Å². The number of hydrogen-bond donors (Lipinski definition) is 1. The van der Waals surface area contributed by atoms with Crippen molar-refractivity contribution in [1.82, 2.24) is 5.32 Å². The molecule has 162 valence electrons. The van der Waals surface area contributed by atoms with Crippen molar-refractivity contribution >= 4 is 11.8 Å². The first-order chi connectivity index (χ1) is 16.1. The predicted molar refractivity (Wildman–Crippen MR) is 122 cm³/mol. The van der Waals surface area contributed by atoms with Crippen LogP contribution >= 0.6 is 0 Å². The Bertz CT molecular complexity index is 1290. The third-order valence-electron chi connectivity index (χ3n) is 5.41. The molecule has 7 heteroatoms. The molecule has 0 unspecified atom stereocenters. The normalized spacial score (nSPS) is 11.4. The molecule has 0 saturated heterocycles. The van der Waals surface area contributed by atoms with E-state index in [4.69, 9.17) is 10.00 Å². The summed E-state index contributed by atoms with van der Waals surface area (Å²) in [7, 11) is 0. The van der Waals surface area contributed by atoms with E-state index in [-0.39, 0.29) is 35.9 Å². The number of nitrogens with one attached hydrogen (secondary N) is 1. The molecular weight excluding hydrogens is 418 g/mol. The molecule has 7 nitrogen and oxygen atoms in total. The molecule has 0 radical (unpaired) electrons. The number of benzene rings is 3. The van der Waals surface area contributed by atoms with Crippen molar-refractivity contribution in [2.45, 2.75) is 12.3 Å². The van der Waals surface area contributed by atoms with Crippen LogP contribution in [-0.4, -0.2) is 24.2 Å². The van der Waals surface area contributed by atoms with Crippen LogP contribution in [0.3, 0.4) is 0 Å². The van der Waals surface area contributed by atoms with E-state index in [1.165, 1.54) is 18.2 Å². The standard InChI is InChI=1S/C26H19N3O4/c27-16-18-12-13-19(25(15-18)29(31)32)7-5-6-14-28-26(30)33-17-24-22-10-3-1-8-20(22)21-9-2-4-11-23(21)24/h1-4,8-13,15,24H,6,14,17H2,(H,28,30). The summed E-state index contributed by atoms with van der Waals surface area (Å²) in [4.78, 5) is 22.8. The maximum absolute atomic E-state index is 12.2. The second-order valence-electron chi connectivity index (χ2n) is 7.40. The summed E-state index contributed by atoms with van der Waals surface area (Å²) in [5.41, 5.74) is 4.81. The number of nitriles is 1. The van der Waals surface area contributed by atoms with E-state index in [1.807, 2.05) is 30.3 Å². The molecule has 3 aromatic rings. The fraction of sp³-hybridized carbons (Fsp3) is 0.154. The number of nitro benzene ring substituents is 1. The number of nitro groups is 1. The van der Waals surface area contributed by atoms with E-state index in [2.05, 4.69) is 41.4 Å². The zero-order valence-electron chi connectivity index (χ0n) is 17.6. The lowest BCUT2D eigenvalue weighted by molar-refractivity contribution is -0.385. The first-order valence-corrected chi connectivity index (χ1v) is 10.3. The molecule has 0 bridgehead atoms. The van der Waals surface area contributed by atoms with Gasteiger partial charge in [0.05, 0.1) is 16.6 Å². The summed E-state index contributed by atoms with van der Waals surface area (Å²) in [6.07, 6.45) is -0.246. The largest absolute Gasteiger partial charge is 0.449 e. The number of carbonyl (C=O) groups excluding carboxylic acids is 1. The molecule has 0 atom stereocenters. The molecule has 0 fully saturated rings. The van der Waals surface area contributed by atoms with Crippen molar-refractivity contribution in [3.05, 3.63) is 99.1 Å². The van der Waals surface area contributed by atoms with Crippen molar-refractivity contribution in [3.8, 4) is 29.0 Å². The van der Waals surface area contributed by atoms with E-state index in [9.17, 15) is 14.9 Å². The molecule has 0 spiro atoms. The number of nitrogens with zero attached hydrogens (tertiary/aromatic N) is 2. The van der Waals surface area contributed by atoms with Crippen molar-refractivity contribution in [3.63, 3.8) is 0 Å². The van der Waals surface area contributed by atoms with Gasteiger partial charge in [-0.25, -0.2) is 4.79 Å². The first kappa shape index (κ1) is 21.6. The quantitative estimate of drug-likeness (QED) is 0.268. The van der Waals surface area contributed by atoms with Gasteiger partial charge in [-0.05, 0) is 34.4 Å². The number of hydrogen-bond acceptors (Lipinski definition) is 5. The highest BCUT2D eigenvalue weighted by molar-refractivity contribution is 5.79. The van der Waals surface area contributed by atoms with Crippen molar-refractivity contribution in [2.75, 3.05) is 13.2 Å². The Balaban J connectivity index is 1.31. The van der Waals surface area contributed by atoms with Gasteiger partial charge in [-0.1, -0.05) is 60.4 Å². The molecule has 4 rings (SSSR count). The summed E-state index contributed by atoms with van der Waals surface area (Å²) >= 11 is 0. The van der Waals surface area contributed by atoms with Crippen molar-refractivity contribution in [2.24, 2.45) is 0 Å². The summed E-state index contributed by atoms with van der Waals surface area (Å²) in [5.74, 6) is 5.52. The van der Waals surface area contributed by atoms with Gasteiger partial charge in [0.1, 0.15) is 12.2 Å². The minimum absolute atomic E-state index is 0.0140. The second kappa shape index (κ2) is 9.67. The number of rotatable bonds is 5. The monoisotopic (exact) mass is 437 g/mol. The molecule has 33 heavy (non-hydrogen) atoms. The first-order valence-electron chi connectivity index (χ1n) is 10.3. The maximum Gasteiger partial charge on any atom is 0.407 e. The van der Waals surface area contributed by atoms with E-state index in [1.54, 1.807) is 0 Å². The smallest absolute Gasteiger partial charge is 0.407 e. The zero-order valence-corrected chi connectivity index (χ0v) is 17.6. The summed E-state index contributed by atoms with van der Waals surface area (Å²) < 4.78 is 5.46. The van der Waals surface area contributed by atoms with Crippen LogP contribution in [0.1, 0.15) is 34.6 Å². The van der Waals surface area contributed by atoms with Crippen LogP contribution in [0.25, 0.3) is 11.1 Å². The van der Waals surface area contributed by atoms with Gasteiger partial charge in [0.2, 0.25) is 0 Å². The highest BCUT2D eigenvalue weighted by Gasteiger charge is 2.28. The third-order valence-corrected chi connectivity index (χ3v) is 5.41. The minimum Gasteiger partial charge on any atom is -0.449 e. The Morgan fingerprint density at radius 2 is 1.73 bits per heavy atom. The Kier molecular flexibility index (Phi) is 6.33. The lowest BCUT2D eigenvalue weighted by atomic mass is 9.98. The number of amides is 1. The minimum atomic E-state index is -0.570. The van der Waals surface area contributed by atoms with Crippen molar-refractivity contribution in [1.29, 1.82) is 5.26 Å². The van der Waals surface area contributed by atoms with E-state index >= 15 is 0 Å². The molecule has 3 aromatic carbocycles. The zero-order chi connectivity index (χ0) is 23.2. The molecule has 1 N–H and O–H groups in total. The van der Waals surface area contributed by atoms with Crippen LogP contribution in [0.2, 0.25) is 0 Å². The Morgan fingerprint density at radius 3 is 2.36 bits per heavy atom. The van der Waals surface area contributed by atoms with Gasteiger partial charge in [0, 0.05) is 24.9 Å². The van der Waals surface area contributed by atoms with Crippen LogP contribution in [0, 0.1) is 33.3 Å². The van der Waals surface area contributed by atoms with Gasteiger partial charge in [0.25, 0.3) is 5.69 Å². The summed E-state index contributed by atoms with van der Waals surface area (Å²) in [6.45, 7) is 0.469. The molecule has 1 amide bonds. The van der Waals surface area contributed by atoms with Gasteiger partial charge in [-0.2, -0.15) is 5.26 Å². The van der Waals surface area contributed by atoms with E-state index in [0.717, 1.165) is 22.3 Å². The fourth-order valence-electron chi connectivity index (χ4n) is 3.89. The highest BCUT2D eigenvalue weighted by Crippen LogP contribution is 2.44. The van der Waals surface area contributed by atoms with Crippen LogP contribution < -0.4 is 5.32 Å². The Morgan fingerprint density at radius 1 is 1.06 bits per heavy atom. The van der Waals surface area contributed by atoms with Crippen LogP contribution in [0.15, 0.2) is 66.7 Å². The number of fused-ring (bicyclic) bond motifs is 3. The lowest BCUT2D eigenvalue weighted by Crippen LogP contribution is -2.26. The van der Waals surface area contributed by atoms with Gasteiger partial charge in [-0.15, -0.1) is 0 Å². The summed E-state index contributed by atoms with van der Waals surface area (Å²) in [6, 6.07) is 22.2. The van der Waals surface area contributed by atoms with Gasteiger partial charge in [0.15, 0.2) is 0 Å². The van der Waals surface area contributed by atoms with Crippen LogP contribution in [0.5, 0.6) is 0 Å². The van der Waals surface area contributed by atoms with E-state index in [0.29, 0.717) is 6.42 Å². The van der Waals surface area contributed by atoms with Gasteiger partial charge in [-0.3, -0.25) is 10.1 Å². The van der Waals surface area contributed by atoms with Crippen LogP contribution in [-0.2, 0) is 4.74 Å². The van der Waals surface area contributed by atoms with Gasteiger partial charge < -0.3 is 10.1 Å². The van der Waals surface area contributed by atoms with Gasteiger partial charge >= 0.3 is 6.09 Å². The number of carbonyl (C=O) groups is 1. The third kappa shape index (κ3) is 4.68. The second-order valence-corrected chi connectivity index (χ2v) is 7.40. The molecular formula is C26H19N3O4. The average Bonchev–Trinajstić information content (AvgIpc) is 3.16. The SMILES string of the molecule is N#Cc1ccc(C#CCCNC(=O)OCC2c3ccccc3-c3ccccc32)c([N+](=O)[O-])c1.